The van der Waals surface area contributed by atoms with Crippen molar-refractivity contribution in [1.29, 1.82) is 0 Å². The van der Waals surface area contributed by atoms with Crippen molar-refractivity contribution in [3.63, 3.8) is 0 Å². The third-order valence-corrected chi connectivity index (χ3v) is 4.80. The second-order valence-corrected chi connectivity index (χ2v) is 7.13. The van der Waals surface area contributed by atoms with Crippen molar-refractivity contribution in [3.05, 3.63) is 53.6 Å². The van der Waals surface area contributed by atoms with E-state index in [9.17, 15) is 0 Å². The summed E-state index contributed by atoms with van der Waals surface area (Å²) in [7, 11) is 4.06. The van der Waals surface area contributed by atoms with Crippen LogP contribution in [0, 0.1) is 12.3 Å². The summed E-state index contributed by atoms with van der Waals surface area (Å²) in [5.41, 5.74) is 6.06. The average molecular weight is 373 g/mol. The molecule has 3 aromatic rings. The van der Waals surface area contributed by atoms with Gasteiger partial charge in [-0.25, -0.2) is 0 Å². The Balaban J connectivity index is 1.78. The molecule has 28 heavy (non-hydrogen) atoms. The minimum Gasteiger partial charge on any atom is -0.492 e. The van der Waals surface area contributed by atoms with Gasteiger partial charge in [0.05, 0.1) is 5.69 Å². The lowest BCUT2D eigenvalue weighted by Gasteiger charge is -2.11. The normalized spacial score (nSPS) is 14.8. The fraction of sp³-hybridized carbons (Fsp3) is 0.261. The van der Waals surface area contributed by atoms with E-state index in [0.29, 0.717) is 6.61 Å². The maximum absolute atomic E-state index is 5.93. The molecule has 142 valence electrons. The Morgan fingerprint density at radius 2 is 1.96 bits per heavy atom. The van der Waals surface area contributed by atoms with Crippen molar-refractivity contribution >= 4 is 16.6 Å². The maximum atomic E-state index is 5.93. The summed E-state index contributed by atoms with van der Waals surface area (Å²) in [4.78, 5) is 11.1. The summed E-state index contributed by atoms with van der Waals surface area (Å²) in [6.07, 6.45) is 5.04. The zero-order chi connectivity index (χ0) is 19.7. The number of fused-ring (bicyclic) bond motifs is 5. The number of rotatable bonds is 6. The molecular formula is C23H23N3O2. The standard InChI is InChI=1S/C23H23N3O2/c1-5-15(2)28-25-23-18-9-7-6-8-17(18)22-21(23)19-14-16(10-11-20(19)24-22)27-13-12-26(3)4/h1,6-11,14-15,24H,12-13H2,2-4H3/b25-23-. The van der Waals surface area contributed by atoms with Crippen LogP contribution in [0.4, 0.5) is 0 Å². The molecule has 4 rings (SSSR count). The van der Waals surface area contributed by atoms with Crippen LogP contribution in [-0.2, 0) is 4.84 Å². The van der Waals surface area contributed by atoms with Gasteiger partial charge in [-0.2, -0.15) is 0 Å². The molecule has 5 nitrogen and oxygen atoms in total. The second-order valence-electron chi connectivity index (χ2n) is 7.13. The number of terminal acetylenes is 1. The summed E-state index contributed by atoms with van der Waals surface area (Å²) >= 11 is 0. The zero-order valence-electron chi connectivity index (χ0n) is 16.3. The molecule has 1 aliphatic rings. The van der Waals surface area contributed by atoms with Gasteiger partial charge in [0.1, 0.15) is 18.1 Å². The summed E-state index contributed by atoms with van der Waals surface area (Å²) in [6.45, 7) is 3.30. The van der Waals surface area contributed by atoms with Crippen molar-refractivity contribution in [2.24, 2.45) is 5.16 Å². The quantitative estimate of drug-likeness (QED) is 0.412. The number of hydrogen-bond donors (Lipinski definition) is 1. The Labute approximate surface area is 164 Å². The van der Waals surface area contributed by atoms with E-state index >= 15 is 0 Å². The molecule has 0 fully saturated rings. The first kappa shape index (κ1) is 18.1. The largest absolute Gasteiger partial charge is 0.492 e. The van der Waals surface area contributed by atoms with E-state index < -0.39 is 0 Å². The molecule has 0 radical (unpaired) electrons. The zero-order valence-corrected chi connectivity index (χ0v) is 16.3. The van der Waals surface area contributed by atoms with Crippen LogP contribution in [0.2, 0.25) is 0 Å². The number of H-pyrrole nitrogens is 1. The highest BCUT2D eigenvalue weighted by atomic mass is 16.6. The minimum absolute atomic E-state index is 0.390. The Morgan fingerprint density at radius 1 is 1.18 bits per heavy atom. The summed E-state index contributed by atoms with van der Waals surface area (Å²) < 4.78 is 5.93. The molecule has 1 unspecified atom stereocenters. The van der Waals surface area contributed by atoms with Gasteiger partial charge in [0.25, 0.3) is 0 Å². The smallest absolute Gasteiger partial charge is 0.184 e. The van der Waals surface area contributed by atoms with Gasteiger partial charge in [0.15, 0.2) is 6.10 Å². The molecule has 0 saturated carbocycles. The third-order valence-electron chi connectivity index (χ3n) is 4.80. The van der Waals surface area contributed by atoms with Crippen LogP contribution in [0.1, 0.15) is 18.1 Å². The maximum Gasteiger partial charge on any atom is 0.184 e. The Bertz CT molecular complexity index is 1090. The number of benzene rings is 2. The van der Waals surface area contributed by atoms with Crippen molar-refractivity contribution in [2.45, 2.75) is 13.0 Å². The Hall–Kier alpha value is -3.23. The number of likely N-dealkylation sites (N-methyl/N-ethyl adjacent to an activating group) is 1. The predicted molar refractivity (Wildman–Crippen MR) is 113 cm³/mol. The van der Waals surface area contributed by atoms with Crippen LogP contribution >= 0.6 is 0 Å². The topological polar surface area (TPSA) is 49.9 Å². The summed E-state index contributed by atoms with van der Waals surface area (Å²) in [6, 6.07) is 14.3. The van der Waals surface area contributed by atoms with E-state index in [4.69, 9.17) is 16.0 Å². The van der Waals surface area contributed by atoms with Gasteiger partial charge in [-0.15, -0.1) is 6.42 Å². The van der Waals surface area contributed by atoms with E-state index in [1.54, 1.807) is 6.92 Å². The molecule has 0 bridgehead atoms. The molecule has 1 atom stereocenters. The Kier molecular flexibility index (Phi) is 4.81. The minimum atomic E-state index is -0.390. The lowest BCUT2D eigenvalue weighted by atomic mass is 10.1. The van der Waals surface area contributed by atoms with Crippen LogP contribution < -0.4 is 4.74 Å². The van der Waals surface area contributed by atoms with Gasteiger partial charge in [-0.1, -0.05) is 35.3 Å². The highest BCUT2D eigenvalue weighted by molar-refractivity contribution is 6.29. The molecule has 0 aliphatic heterocycles. The number of oxime groups is 1. The molecule has 0 saturated heterocycles. The van der Waals surface area contributed by atoms with Crippen molar-refractivity contribution in [3.8, 4) is 29.4 Å². The molecule has 2 aromatic carbocycles. The van der Waals surface area contributed by atoms with Crippen molar-refractivity contribution < 1.29 is 9.57 Å². The van der Waals surface area contributed by atoms with Crippen molar-refractivity contribution in [2.75, 3.05) is 27.2 Å². The molecule has 1 N–H and O–H groups in total. The number of aromatic nitrogens is 1. The SMILES string of the molecule is C#CC(C)O/N=C1/c2ccccc2-c2[nH]c3ccc(OCCN(C)C)cc3c21. The fourth-order valence-electron chi connectivity index (χ4n) is 3.35. The predicted octanol–water partition coefficient (Wildman–Crippen LogP) is 3.88. The fourth-order valence-corrected chi connectivity index (χ4v) is 3.35. The van der Waals surface area contributed by atoms with Crippen LogP contribution in [-0.4, -0.2) is 48.9 Å². The number of hydrogen-bond acceptors (Lipinski definition) is 4. The van der Waals surface area contributed by atoms with E-state index in [-0.39, 0.29) is 6.10 Å². The summed E-state index contributed by atoms with van der Waals surface area (Å²) in [5, 5.41) is 5.48. The molecule has 0 amide bonds. The molecule has 1 heterocycles. The van der Waals surface area contributed by atoms with Gasteiger partial charge >= 0.3 is 0 Å². The first-order chi connectivity index (χ1) is 13.6. The monoisotopic (exact) mass is 373 g/mol. The average Bonchev–Trinajstić information content (AvgIpc) is 3.20. The van der Waals surface area contributed by atoms with E-state index in [1.165, 1.54) is 0 Å². The number of nitrogens with one attached hydrogen (secondary N) is 1. The third kappa shape index (κ3) is 3.23. The molecule has 5 heteroatoms. The van der Waals surface area contributed by atoms with Crippen LogP contribution in [0.25, 0.3) is 22.2 Å². The van der Waals surface area contributed by atoms with E-state index in [1.807, 2.05) is 38.4 Å². The first-order valence-electron chi connectivity index (χ1n) is 9.32. The van der Waals surface area contributed by atoms with Gasteiger partial charge in [0, 0.05) is 34.1 Å². The van der Waals surface area contributed by atoms with E-state index in [2.05, 4.69) is 39.2 Å². The van der Waals surface area contributed by atoms with Gasteiger partial charge in [-0.05, 0) is 39.2 Å². The number of nitrogens with zero attached hydrogens (tertiary/aromatic N) is 2. The lowest BCUT2D eigenvalue weighted by Crippen LogP contribution is -2.19. The number of aromatic amines is 1. The highest BCUT2D eigenvalue weighted by Gasteiger charge is 2.30. The molecule has 1 aliphatic carbocycles. The molecule has 0 spiro atoms. The lowest BCUT2D eigenvalue weighted by molar-refractivity contribution is 0.113. The van der Waals surface area contributed by atoms with Gasteiger partial charge < -0.3 is 19.5 Å². The van der Waals surface area contributed by atoms with Gasteiger partial charge in [-0.3, -0.25) is 0 Å². The van der Waals surface area contributed by atoms with Crippen LogP contribution in [0.5, 0.6) is 5.75 Å². The first-order valence-corrected chi connectivity index (χ1v) is 9.32. The van der Waals surface area contributed by atoms with Gasteiger partial charge in [0.2, 0.25) is 0 Å². The van der Waals surface area contributed by atoms with E-state index in [0.717, 1.165) is 51.3 Å². The molecular weight excluding hydrogens is 350 g/mol. The summed E-state index contributed by atoms with van der Waals surface area (Å²) in [5.74, 6) is 3.39. The highest BCUT2D eigenvalue weighted by Crippen LogP contribution is 2.41. The second kappa shape index (κ2) is 7.41. The van der Waals surface area contributed by atoms with Crippen molar-refractivity contribution in [1.82, 2.24) is 9.88 Å². The van der Waals surface area contributed by atoms with Crippen LogP contribution in [0.15, 0.2) is 47.6 Å². The van der Waals surface area contributed by atoms with Crippen LogP contribution in [0.3, 0.4) is 0 Å². The Morgan fingerprint density at radius 3 is 2.71 bits per heavy atom. The number of ether oxygens (including phenoxy) is 1. The molecule has 1 aromatic heterocycles.